The summed E-state index contributed by atoms with van der Waals surface area (Å²) in [6.45, 7) is 4.06. The lowest BCUT2D eigenvalue weighted by Crippen LogP contribution is -2.37. The summed E-state index contributed by atoms with van der Waals surface area (Å²) in [5.41, 5.74) is 5.58. The molecule has 4 rings (SSSR count). The van der Waals surface area contributed by atoms with Gasteiger partial charge in [-0.1, -0.05) is 48.9 Å². The fraction of sp³-hybridized carbons (Fsp3) is 0.333. The van der Waals surface area contributed by atoms with Gasteiger partial charge in [-0.05, 0) is 43.9 Å². The van der Waals surface area contributed by atoms with Gasteiger partial charge in [0.2, 0.25) is 5.91 Å². The van der Waals surface area contributed by atoms with E-state index in [0.717, 1.165) is 53.0 Å². The van der Waals surface area contributed by atoms with Gasteiger partial charge >= 0.3 is 0 Å². The Morgan fingerprint density at radius 3 is 2.61 bits per heavy atom. The van der Waals surface area contributed by atoms with Crippen LogP contribution < -0.4 is 10.2 Å². The molecule has 1 unspecified atom stereocenters. The number of anilines is 2. The number of rotatable bonds is 3. The van der Waals surface area contributed by atoms with Crippen molar-refractivity contribution in [2.75, 3.05) is 10.2 Å². The molecule has 0 spiro atoms. The Balaban J connectivity index is 1.97. The third kappa shape index (κ3) is 3.24. The van der Waals surface area contributed by atoms with Gasteiger partial charge in [0.05, 0.1) is 17.4 Å². The minimum atomic E-state index is -0.390. The summed E-state index contributed by atoms with van der Waals surface area (Å²) in [5, 5.41) is 3.49. The second-order valence-electron chi connectivity index (χ2n) is 7.64. The van der Waals surface area contributed by atoms with Crippen molar-refractivity contribution in [1.29, 1.82) is 0 Å². The highest BCUT2D eigenvalue weighted by Crippen LogP contribution is 2.45. The molecule has 28 heavy (non-hydrogen) atoms. The van der Waals surface area contributed by atoms with Crippen molar-refractivity contribution >= 4 is 23.1 Å². The number of Topliss-reactive ketones (excluding diaryl/α,β-unsaturated/α-hetero) is 1. The quantitative estimate of drug-likeness (QED) is 0.793. The van der Waals surface area contributed by atoms with Crippen molar-refractivity contribution in [1.82, 2.24) is 0 Å². The van der Waals surface area contributed by atoms with Gasteiger partial charge in [-0.3, -0.25) is 14.5 Å². The van der Waals surface area contributed by atoms with Crippen LogP contribution in [-0.2, 0) is 9.59 Å². The molecule has 2 aliphatic rings. The SMILES string of the molecule is CCCC(=O)N1c2ccccc2NC2=C(C(=O)CCC2)C1c1ccc(C)cc1. The van der Waals surface area contributed by atoms with Crippen LogP contribution in [0.1, 0.15) is 56.2 Å². The van der Waals surface area contributed by atoms with E-state index in [-0.39, 0.29) is 11.7 Å². The first-order valence-electron chi connectivity index (χ1n) is 10.1. The van der Waals surface area contributed by atoms with Gasteiger partial charge in [0.1, 0.15) is 0 Å². The molecule has 0 radical (unpaired) electrons. The summed E-state index contributed by atoms with van der Waals surface area (Å²) in [7, 11) is 0. The number of allylic oxidation sites excluding steroid dienone is 1. The summed E-state index contributed by atoms with van der Waals surface area (Å²) in [4.78, 5) is 28.2. The van der Waals surface area contributed by atoms with E-state index in [0.29, 0.717) is 12.8 Å². The number of para-hydroxylation sites is 2. The predicted octanol–water partition coefficient (Wildman–Crippen LogP) is 5.30. The fourth-order valence-electron chi connectivity index (χ4n) is 4.21. The molecule has 1 atom stereocenters. The Kier molecular flexibility index (Phi) is 5.03. The molecule has 4 heteroatoms. The van der Waals surface area contributed by atoms with Crippen molar-refractivity contribution in [3.8, 4) is 0 Å². The molecule has 144 valence electrons. The number of hydrogen-bond donors (Lipinski definition) is 1. The third-order valence-corrected chi connectivity index (χ3v) is 5.56. The molecule has 1 aliphatic carbocycles. The first-order chi connectivity index (χ1) is 13.6. The average Bonchev–Trinajstić information content (AvgIpc) is 2.84. The molecule has 0 saturated carbocycles. The lowest BCUT2D eigenvalue weighted by atomic mass is 9.85. The number of amides is 1. The van der Waals surface area contributed by atoms with E-state index >= 15 is 0 Å². The Morgan fingerprint density at radius 1 is 1.11 bits per heavy atom. The molecule has 0 fully saturated rings. The van der Waals surface area contributed by atoms with E-state index in [9.17, 15) is 9.59 Å². The highest BCUT2D eigenvalue weighted by Gasteiger charge is 2.38. The number of nitrogens with zero attached hydrogens (tertiary/aromatic N) is 1. The smallest absolute Gasteiger partial charge is 0.227 e. The Bertz CT molecular complexity index is 943. The van der Waals surface area contributed by atoms with Gasteiger partial charge in [0.15, 0.2) is 5.78 Å². The number of aryl methyl sites for hydroxylation is 1. The van der Waals surface area contributed by atoms with Crippen LogP contribution in [0, 0.1) is 6.92 Å². The molecule has 1 heterocycles. The summed E-state index contributed by atoms with van der Waals surface area (Å²) in [6, 6.07) is 15.7. The summed E-state index contributed by atoms with van der Waals surface area (Å²) in [6.07, 6.45) is 3.43. The fourth-order valence-corrected chi connectivity index (χ4v) is 4.21. The van der Waals surface area contributed by atoms with E-state index in [4.69, 9.17) is 0 Å². The van der Waals surface area contributed by atoms with Gasteiger partial charge in [0.25, 0.3) is 0 Å². The molecular formula is C24H26N2O2. The first kappa shape index (κ1) is 18.5. The van der Waals surface area contributed by atoms with E-state index in [1.54, 1.807) is 0 Å². The number of carbonyl (C=O) groups is 2. The van der Waals surface area contributed by atoms with Crippen molar-refractivity contribution in [2.45, 2.75) is 52.0 Å². The summed E-state index contributed by atoms with van der Waals surface area (Å²) < 4.78 is 0. The topological polar surface area (TPSA) is 49.4 Å². The molecule has 1 N–H and O–H groups in total. The van der Waals surface area contributed by atoms with Crippen LogP contribution in [0.15, 0.2) is 59.8 Å². The van der Waals surface area contributed by atoms with E-state index in [1.807, 2.05) is 55.1 Å². The lowest BCUT2D eigenvalue weighted by molar-refractivity contribution is -0.119. The molecule has 0 bridgehead atoms. The second kappa shape index (κ2) is 7.63. The van der Waals surface area contributed by atoms with Gasteiger partial charge in [-0.2, -0.15) is 0 Å². The minimum absolute atomic E-state index is 0.0504. The largest absolute Gasteiger partial charge is 0.357 e. The van der Waals surface area contributed by atoms with Crippen molar-refractivity contribution in [3.63, 3.8) is 0 Å². The number of fused-ring (bicyclic) bond motifs is 1. The molecule has 4 nitrogen and oxygen atoms in total. The van der Waals surface area contributed by atoms with Crippen molar-refractivity contribution in [3.05, 3.63) is 70.9 Å². The van der Waals surface area contributed by atoms with E-state index < -0.39 is 6.04 Å². The molecule has 2 aromatic carbocycles. The van der Waals surface area contributed by atoms with Crippen LogP contribution in [0.4, 0.5) is 11.4 Å². The maximum absolute atomic E-state index is 13.3. The van der Waals surface area contributed by atoms with E-state index in [2.05, 4.69) is 17.4 Å². The highest BCUT2D eigenvalue weighted by molar-refractivity contribution is 6.06. The normalized spacial score (nSPS) is 18.9. The number of hydrogen-bond acceptors (Lipinski definition) is 3. The second-order valence-corrected chi connectivity index (χ2v) is 7.64. The monoisotopic (exact) mass is 374 g/mol. The average molecular weight is 374 g/mol. The zero-order valence-corrected chi connectivity index (χ0v) is 16.5. The van der Waals surface area contributed by atoms with Crippen molar-refractivity contribution in [2.24, 2.45) is 0 Å². The molecule has 0 aromatic heterocycles. The van der Waals surface area contributed by atoms with Gasteiger partial charge in [0, 0.05) is 24.1 Å². The predicted molar refractivity (Wildman–Crippen MR) is 112 cm³/mol. The van der Waals surface area contributed by atoms with Crippen LogP contribution in [0.25, 0.3) is 0 Å². The Morgan fingerprint density at radius 2 is 1.86 bits per heavy atom. The number of carbonyl (C=O) groups excluding carboxylic acids is 2. The zero-order chi connectivity index (χ0) is 19.7. The summed E-state index contributed by atoms with van der Waals surface area (Å²) in [5.74, 6) is 0.191. The number of ketones is 1. The van der Waals surface area contributed by atoms with Crippen LogP contribution >= 0.6 is 0 Å². The van der Waals surface area contributed by atoms with Crippen LogP contribution in [-0.4, -0.2) is 11.7 Å². The zero-order valence-electron chi connectivity index (χ0n) is 16.5. The molecule has 1 aliphatic heterocycles. The minimum Gasteiger partial charge on any atom is -0.357 e. The van der Waals surface area contributed by atoms with Crippen LogP contribution in [0.5, 0.6) is 0 Å². The molecule has 0 saturated heterocycles. The maximum atomic E-state index is 13.3. The molecule has 1 amide bonds. The van der Waals surface area contributed by atoms with Gasteiger partial charge < -0.3 is 5.32 Å². The standard InChI is InChI=1S/C24H26N2O2/c1-3-7-22(28)26-20-10-5-4-8-18(20)25-19-9-6-11-21(27)23(19)24(26)17-14-12-16(2)13-15-17/h4-5,8,10,12-15,24-25H,3,6-7,9,11H2,1-2H3. The number of nitrogens with one attached hydrogen (secondary N) is 1. The lowest BCUT2D eigenvalue weighted by Gasteiger charge is -2.34. The summed E-state index contributed by atoms with van der Waals surface area (Å²) >= 11 is 0. The number of benzene rings is 2. The van der Waals surface area contributed by atoms with Gasteiger partial charge in [-0.25, -0.2) is 0 Å². The third-order valence-electron chi connectivity index (χ3n) is 5.56. The van der Waals surface area contributed by atoms with E-state index in [1.165, 1.54) is 0 Å². The highest BCUT2D eigenvalue weighted by atomic mass is 16.2. The van der Waals surface area contributed by atoms with Crippen molar-refractivity contribution < 1.29 is 9.59 Å². The van der Waals surface area contributed by atoms with Gasteiger partial charge in [-0.15, -0.1) is 0 Å². The first-order valence-corrected chi connectivity index (χ1v) is 10.1. The van der Waals surface area contributed by atoms with Crippen LogP contribution in [0.2, 0.25) is 0 Å². The van der Waals surface area contributed by atoms with Crippen LogP contribution in [0.3, 0.4) is 0 Å². The molecular weight excluding hydrogens is 348 g/mol. The Labute approximate surface area is 166 Å². The molecule has 2 aromatic rings. The Hall–Kier alpha value is -2.88. The maximum Gasteiger partial charge on any atom is 0.227 e.